The van der Waals surface area contributed by atoms with Gasteiger partial charge in [0, 0.05) is 12.6 Å². The zero-order valence-corrected chi connectivity index (χ0v) is 17.3. The van der Waals surface area contributed by atoms with Crippen molar-refractivity contribution in [1.82, 2.24) is 9.62 Å². The standard InChI is InChI=1S/C20H23F3N2O4S/c1-25-12-11-15(19(25)14-3-5-16(28-2)6-4-14)13-24-30(26,27)18-9-7-17(8-10-18)29-20(21,22)23/h3-10,15,19,24H,11-13H2,1-2H3. The molecule has 3 rings (SSSR count). The molecule has 0 radical (unpaired) electrons. The van der Waals surface area contributed by atoms with Gasteiger partial charge in [0.15, 0.2) is 0 Å². The number of hydrogen-bond acceptors (Lipinski definition) is 5. The Labute approximate surface area is 173 Å². The van der Waals surface area contributed by atoms with E-state index in [1.54, 1.807) is 7.11 Å². The number of nitrogens with one attached hydrogen (secondary N) is 1. The lowest BCUT2D eigenvalue weighted by Crippen LogP contribution is -2.32. The molecule has 1 N–H and O–H groups in total. The summed E-state index contributed by atoms with van der Waals surface area (Å²) in [5, 5.41) is 0. The van der Waals surface area contributed by atoms with E-state index >= 15 is 0 Å². The van der Waals surface area contributed by atoms with Gasteiger partial charge >= 0.3 is 6.36 Å². The van der Waals surface area contributed by atoms with Crippen LogP contribution in [-0.2, 0) is 10.0 Å². The average Bonchev–Trinajstić information content (AvgIpc) is 3.06. The first-order valence-electron chi connectivity index (χ1n) is 9.29. The highest BCUT2D eigenvalue weighted by Crippen LogP contribution is 2.36. The van der Waals surface area contributed by atoms with Crippen LogP contribution in [0.25, 0.3) is 0 Å². The maximum atomic E-state index is 12.6. The molecule has 0 aromatic heterocycles. The molecule has 1 aliphatic heterocycles. The van der Waals surface area contributed by atoms with E-state index in [4.69, 9.17) is 4.74 Å². The molecule has 6 nitrogen and oxygen atoms in total. The summed E-state index contributed by atoms with van der Waals surface area (Å²) in [5.41, 5.74) is 1.06. The third-order valence-corrected chi connectivity index (χ3v) is 6.57. The Balaban J connectivity index is 1.68. The molecule has 1 saturated heterocycles. The van der Waals surface area contributed by atoms with E-state index in [0.717, 1.165) is 48.5 Å². The maximum Gasteiger partial charge on any atom is 0.573 e. The van der Waals surface area contributed by atoms with E-state index in [-0.39, 0.29) is 23.4 Å². The van der Waals surface area contributed by atoms with Crippen LogP contribution >= 0.6 is 0 Å². The Morgan fingerprint density at radius 1 is 1.07 bits per heavy atom. The topological polar surface area (TPSA) is 67.9 Å². The lowest BCUT2D eigenvalue weighted by molar-refractivity contribution is -0.274. The van der Waals surface area contributed by atoms with E-state index < -0.39 is 22.1 Å². The van der Waals surface area contributed by atoms with Gasteiger partial charge in [-0.25, -0.2) is 13.1 Å². The van der Waals surface area contributed by atoms with Gasteiger partial charge in [0.1, 0.15) is 11.5 Å². The van der Waals surface area contributed by atoms with Crippen LogP contribution in [0.15, 0.2) is 53.4 Å². The maximum absolute atomic E-state index is 12.6. The van der Waals surface area contributed by atoms with E-state index in [2.05, 4.69) is 14.4 Å². The van der Waals surface area contributed by atoms with Crippen LogP contribution in [0.5, 0.6) is 11.5 Å². The third-order valence-electron chi connectivity index (χ3n) is 5.13. The summed E-state index contributed by atoms with van der Waals surface area (Å²) >= 11 is 0. The van der Waals surface area contributed by atoms with Gasteiger partial charge in [0.2, 0.25) is 10.0 Å². The Hall–Kier alpha value is -2.30. The van der Waals surface area contributed by atoms with Crippen molar-refractivity contribution in [2.75, 3.05) is 27.2 Å². The van der Waals surface area contributed by atoms with Crippen molar-refractivity contribution in [3.05, 3.63) is 54.1 Å². The van der Waals surface area contributed by atoms with Crippen molar-refractivity contribution in [3.63, 3.8) is 0 Å². The minimum absolute atomic E-state index is 0.0427. The molecule has 1 aliphatic rings. The van der Waals surface area contributed by atoms with Gasteiger partial charge in [-0.2, -0.15) is 0 Å². The predicted octanol–water partition coefficient (Wildman–Crippen LogP) is 3.57. The number of alkyl halides is 3. The Morgan fingerprint density at radius 2 is 1.67 bits per heavy atom. The fourth-order valence-corrected chi connectivity index (χ4v) is 4.78. The number of methoxy groups -OCH3 is 1. The molecule has 0 spiro atoms. The number of rotatable bonds is 7. The minimum atomic E-state index is -4.83. The number of ether oxygens (including phenoxy) is 2. The van der Waals surface area contributed by atoms with Crippen molar-refractivity contribution in [1.29, 1.82) is 0 Å². The van der Waals surface area contributed by atoms with Crippen LogP contribution in [0.2, 0.25) is 0 Å². The van der Waals surface area contributed by atoms with Crippen LogP contribution < -0.4 is 14.2 Å². The summed E-state index contributed by atoms with van der Waals surface area (Å²) < 4.78 is 73.5. The molecule has 10 heteroatoms. The number of hydrogen-bond donors (Lipinski definition) is 1. The number of likely N-dealkylation sites (tertiary alicyclic amines) is 1. The normalized spacial score (nSPS) is 20.3. The molecule has 0 bridgehead atoms. The summed E-state index contributed by atoms with van der Waals surface area (Å²) in [6.07, 6.45) is -4.02. The molecule has 0 amide bonds. The van der Waals surface area contributed by atoms with Gasteiger partial charge < -0.3 is 9.47 Å². The second kappa shape index (κ2) is 8.83. The molecule has 2 unspecified atom stereocenters. The first-order valence-corrected chi connectivity index (χ1v) is 10.8. The van der Waals surface area contributed by atoms with E-state index in [0.29, 0.717) is 0 Å². The number of halogens is 3. The number of benzene rings is 2. The quantitative estimate of drug-likeness (QED) is 0.707. The predicted molar refractivity (Wildman–Crippen MR) is 105 cm³/mol. The van der Waals surface area contributed by atoms with Crippen molar-refractivity contribution in [2.45, 2.75) is 23.7 Å². The Kier molecular flexibility index (Phi) is 6.59. The third kappa shape index (κ3) is 5.44. The van der Waals surface area contributed by atoms with Gasteiger partial charge in [0.05, 0.1) is 12.0 Å². The van der Waals surface area contributed by atoms with E-state index in [1.807, 2.05) is 31.3 Å². The highest BCUT2D eigenvalue weighted by Gasteiger charge is 2.34. The summed E-state index contributed by atoms with van der Waals surface area (Å²) in [7, 11) is -0.285. The van der Waals surface area contributed by atoms with Crippen molar-refractivity contribution >= 4 is 10.0 Å². The minimum Gasteiger partial charge on any atom is -0.497 e. The van der Waals surface area contributed by atoms with Crippen molar-refractivity contribution < 1.29 is 31.1 Å². The van der Waals surface area contributed by atoms with Gasteiger partial charge in [-0.3, -0.25) is 4.90 Å². The van der Waals surface area contributed by atoms with Crippen LogP contribution in [0.1, 0.15) is 18.0 Å². The zero-order valence-electron chi connectivity index (χ0n) is 16.5. The molecule has 2 aromatic carbocycles. The van der Waals surface area contributed by atoms with Crippen LogP contribution in [0, 0.1) is 5.92 Å². The molecular weight excluding hydrogens is 421 g/mol. The lowest BCUT2D eigenvalue weighted by Gasteiger charge is -2.26. The summed E-state index contributed by atoms with van der Waals surface area (Å²) in [6.45, 7) is 1.04. The Morgan fingerprint density at radius 3 is 2.23 bits per heavy atom. The second-order valence-electron chi connectivity index (χ2n) is 7.12. The smallest absolute Gasteiger partial charge is 0.497 e. The molecular formula is C20H23F3N2O4S. The Bertz CT molecular complexity index is 948. The van der Waals surface area contributed by atoms with Gasteiger partial charge in [-0.05, 0) is 67.9 Å². The fraction of sp³-hybridized carbons (Fsp3) is 0.400. The summed E-state index contributed by atoms with van der Waals surface area (Å²) in [6, 6.07) is 11.8. The molecule has 2 atom stereocenters. The van der Waals surface area contributed by atoms with Crippen molar-refractivity contribution in [3.8, 4) is 11.5 Å². The number of sulfonamides is 1. The first kappa shape index (κ1) is 22.4. The fourth-order valence-electron chi connectivity index (χ4n) is 3.69. The highest BCUT2D eigenvalue weighted by molar-refractivity contribution is 7.89. The van der Waals surface area contributed by atoms with Crippen LogP contribution in [0.3, 0.4) is 0 Å². The van der Waals surface area contributed by atoms with Gasteiger partial charge in [0.25, 0.3) is 0 Å². The number of nitrogens with zero attached hydrogens (tertiary/aromatic N) is 1. The molecule has 164 valence electrons. The van der Waals surface area contributed by atoms with Crippen LogP contribution in [-0.4, -0.2) is 46.9 Å². The summed E-state index contributed by atoms with van der Waals surface area (Å²) in [4.78, 5) is 2.05. The monoisotopic (exact) mass is 444 g/mol. The average molecular weight is 444 g/mol. The van der Waals surface area contributed by atoms with Crippen molar-refractivity contribution in [2.24, 2.45) is 5.92 Å². The van der Waals surface area contributed by atoms with Crippen LogP contribution in [0.4, 0.5) is 13.2 Å². The zero-order chi connectivity index (χ0) is 21.9. The van der Waals surface area contributed by atoms with E-state index in [9.17, 15) is 21.6 Å². The summed E-state index contributed by atoms with van der Waals surface area (Å²) in [5.74, 6) is 0.319. The lowest BCUT2D eigenvalue weighted by atomic mass is 9.94. The molecule has 0 saturated carbocycles. The van der Waals surface area contributed by atoms with Gasteiger partial charge in [-0.15, -0.1) is 13.2 Å². The first-order chi connectivity index (χ1) is 14.1. The van der Waals surface area contributed by atoms with E-state index in [1.165, 1.54) is 0 Å². The molecule has 30 heavy (non-hydrogen) atoms. The largest absolute Gasteiger partial charge is 0.573 e. The molecule has 1 heterocycles. The molecule has 1 fully saturated rings. The second-order valence-corrected chi connectivity index (χ2v) is 8.89. The molecule has 2 aromatic rings. The highest BCUT2D eigenvalue weighted by atomic mass is 32.2. The van der Waals surface area contributed by atoms with Gasteiger partial charge in [-0.1, -0.05) is 12.1 Å². The molecule has 0 aliphatic carbocycles. The SMILES string of the molecule is COc1ccc(C2C(CNS(=O)(=O)c3ccc(OC(F)(F)F)cc3)CCN2C)cc1.